The van der Waals surface area contributed by atoms with Crippen molar-refractivity contribution < 1.29 is 14.4 Å². The first-order chi connectivity index (χ1) is 12.1. The molecule has 1 unspecified atom stereocenters. The summed E-state index contributed by atoms with van der Waals surface area (Å²) in [5.41, 5.74) is 0. The highest BCUT2D eigenvalue weighted by atomic mass is 32.1. The van der Waals surface area contributed by atoms with Gasteiger partial charge < -0.3 is 20.9 Å². The molecule has 2 aliphatic rings. The summed E-state index contributed by atoms with van der Waals surface area (Å²) in [5, 5.41) is 10.1. The highest BCUT2D eigenvalue weighted by Gasteiger charge is 2.35. The molecule has 2 fully saturated rings. The number of nitrogens with zero attached hydrogens (tertiary/aromatic N) is 2. The Hall–Kier alpha value is -2.16. The number of likely N-dealkylation sites (tertiary alicyclic amines) is 1. The number of urea groups is 1. The van der Waals surface area contributed by atoms with Crippen LogP contribution in [0.3, 0.4) is 0 Å². The summed E-state index contributed by atoms with van der Waals surface area (Å²) in [6.07, 6.45) is 6.67. The van der Waals surface area contributed by atoms with Crippen LogP contribution >= 0.6 is 11.3 Å². The van der Waals surface area contributed by atoms with E-state index < -0.39 is 6.03 Å². The van der Waals surface area contributed by atoms with Crippen LogP contribution in [-0.2, 0) is 9.59 Å². The van der Waals surface area contributed by atoms with Crippen molar-refractivity contribution in [3.63, 3.8) is 0 Å². The second-order valence-electron chi connectivity index (χ2n) is 6.50. The second-order valence-corrected chi connectivity index (χ2v) is 7.40. The molecule has 1 saturated heterocycles. The molecule has 0 aromatic carbocycles. The average Bonchev–Trinajstić information content (AvgIpc) is 3.32. The molecule has 2 heterocycles. The Bertz CT molecular complexity index is 615. The molecule has 1 aliphatic heterocycles. The first-order valence-electron chi connectivity index (χ1n) is 8.62. The molecular weight excluding hydrogens is 342 g/mol. The molecule has 0 bridgehead atoms. The molecule has 1 aromatic rings. The van der Waals surface area contributed by atoms with Gasteiger partial charge in [0.25, 0.3) is 0 Å². The van der Waals surface area contributed by atoms with E-state index in [-0.39, 0.29) is 24.3 Å². The van der Waals surface area contributed by atoms with E-state index in [9.17, 15) is 14.4 Å². The topological polar surface area (TPSA) is 103 Å². The summed E-state index contributed by atoms with van der Waals surface area (Å²) in [6, 6.07) is -0.0121. The summed E-state index contributed by atoms with van der Waals surface area (Å²) in [7, 11) is 0. The molecule has 25 heavy (non-hydrogen) atoms. The minimum atomic E-state index is -0.402. The van der Waals surface area contributed by atoms with E-state index in [4.69, 9.17) is 0 Å². The van der Waals surface area contributed by atoms with Gasteiger partial charge in [-0.3, -0.25) is 9.59 Å². The zero-order valence-corrected chi connectivity index (χ0v) is 14.8. The Kier molecular flexibility index (Phi) is 5.85. The first-order valence-corrected chi connectivity index (χ1v) is 9.50. The molecule has 1 aliphatic carbocycles. The molecule has 8 nitrogen and oxygen atoms in total. The zero-order chi connectivity index (χ0) is 17.6. The minimum absolute atomic E-state index is 0.122. The number of hydrogen-bond acceptors (Lipinski definition) is 5. The number of aromatic nitrogens is 1. The van der Waals surface area contributed by atoms with Gasteiger partial charge in [-0.1, -0.05) is 12.8 Å². The normalized spacial score (nSPS) is 20.7. The van der Waals surface area contributed by atoms with E-state index in [0.29, 0.717) is 30.7 Å². The number of thiazole rings is 1. The zero-order valence-electron chi connectivity index (χ0n) is 14.0. The van der Waals surface area contributed by atoms with Crippen molar-refractivity contribution in [2.45, 2.75) is 38.1 Å². The lowest BCUT2D eigenvalue weighted by molar-refractivity contribution is -0.129. The monoisotopic (exact) mass is 365 g/mol. The van der Waals surface area contributed by atoms with Gasteiger partial charge in [-0.2, -0.15) is 0 Å². The van der Waals surface area contributed by atoms with Crippen molar-refractivity contribution >= 4 is 34.3 Å². The summed E-state index contributed by atoms with van der Waals surface area (Å²) in [6.45, 7) is 1.03. The number of carbonyl (C=O) groups is 3. The molecule has 0 radical (unpaired) electrons. The van der Waals surface area contributed by atoms with Crippen LogP contribution in [0.15, 0.2) is 11.6 Å². The molecule has 4 amide bonds. The van der Waals surface area contributed by atoms with E-state index in [1.807, 2.05) is 4.90 Å². The van der Waals surface area contributed by atoms with Crippen LogP contribution in [0.2, 0.25) is 0 Å². The number of amides is 4. The Morgan fingerprint density at radius 2 is 2.08 bits per heavy atom. The third-order valence-corrected chi connectivity index (χ3v) is 5.33. The quantitative estimate of drug-likeness (QED) is 0.704. The van der Waals surface area contributed by atoms with E-state index in [1.54, 1.807) is 11.6 Å². The maximum absolute atomic E-state index is 12.1. The number of anilines is 1. The largest absolute Gasteiger partial charge is 0.339 e. The van der Waals surface area contributed by atoms with Gasteiger partial charge in [0, 0.05) is 43.0 Å². The van der Waals surface area contributed by atoms with Crippen LogP contribution < -0.4 is 16.0 Å². The van der Waals surface area contributed by atoms with Gasteiger partial charge in [0.15, 0.2) is 5.13 Å². The third-order valence-electron chi connectivity index (χ3n) is 4.64. The maximum Gasteiger partial charge on any atom is 0.315 e. The Balaban J connectivity index is 1.33. The van der Waals surface area contributed by atoms with Gasteiger partial charge in [0.05, 0.1) is 6.54 Å². The lowest BCUT2D eigenvalue weighted by Crippen LogP contribution is -2.42. The number of hydrogen-bond donors (Lipinski definition) is 3. The fraction of sp³-hybridized carbons (Fsp3) is 0.625. The minimum Gasteiger partial charge on any atom is -0.339 e. The summed E-state index contributed by atoms with van der Waals surface area (Å²) >= 11 is 1.32. The van der Waals surface area contributed by atoms with E-state index in [2.05, 4.69) is 20.9 Å². The van der Waals surface area contributed by atoms with Gasteiger partial charge in [0.1, 0.15) is 0 Å². The smallest absolute Gasteiger partial charge is 0.315 e. The fourth-order valence-electron chi connectivity index (χ4n) is 3.42. The van der Waals surface area contributed by atoms with Crippen LogP contribution in [0.25, 0.3) is 0 Å². The van der Waals surface area contributed by atoms with Crippen molar-refractivity contribution in [2.24, 2.45) is 5.92 Å². The third kappa shape index (κ3) is 4.91. The molecule has 1 aromatic heterocycles. The molecular formula is C16H23N5O3S. The molecule has 9 heteroatoms. The highest BCUT2D eigenvalue weighted by molar-refractivity contribution is 7.13. The Morgan fingerprint density at radius 3 is 2.80 bits per heavy atom. The molecule has 1 saturated carbocycles. The van der Waals surface area contributed by atoms with Gasteiger partial charge in [0.2, 0.25) is 11.8 Å². The number of nitrogens with one attached hydrogen (secondary N) is 3. The molecule has 0 spiro atoms. The second kappa shape index (κ2) is 8.28. The lowest BCUT2D eigenvalue weighted by Gasteiger charge is -2.24. The van der Waals surface area contributed by atoms with Crippen molar-refractivity contribution in [3.05, 3.63) is 11.6 Å². The van der Waals surface area contributed by atoms with E-state index >= 15 is 0 Å². The van der Waals surface area contributed by atoms with Crippen molar-refractivity contribution in [3.8, 4) is 0 Å². The van der Waals surface area contributed by atoms with Gasteiger partial charge >= 0.3 is 6.03 Å². The summed E-state index contributed by atoms with van der Waals surface area (Å²) in [4.78, 5) is 41.5. The molecule has 1 atom stereocenters. The van der Waals surface area contributed by atoms with Gasteiger partial charge in [-0.25, -0.2) is 9.78 Å². The predicted octanol–water partition coefficient (Wildman–Crippen LogP) is 1.17. The Morgan fingerprint density at radius 1 is 1.28 bits per heavy atom. The van der Waals surface area contributed by atoms with Crippen LogP contribution in [-0.4, -0.2) is 53.4 Å². The first kappa shape index (κ1) is 17.7. The lowest BCUT2D eigenvalue weighted by atomic mass is 10.1. The van der Waals surface area contributed by atoms with Gasteiger partial charge in [-0.15, -0.1) is 11.3 Å². The molecule has 136 valence electrons. The van der Waals surface area contributed by atoms with Crippen LogP contribution in [0, 0.1) is 5.92 Å². The van der Waals surface area contributed by atoms with Crippen LogP contribution in [0.1, 0.15) is 32.1 Å². The number of rotatable bonds is 6. The van der Waals surface area contributed by atoms with E-state index in [1.165, 1.54) is 24.2 Å². The fourth-order valence-corrected chi connectivity index (χ4v) is 3.97. The van der Waals surface area contributed by atoms with Crippen LogP contribution in [0.4, 0.5) is 9.93 Å². The SMILES string of the molecule is O=C(CNC(=O)NCC1CC(=O)N(C2CCCC2)C1)Nc1nccs1. The summed E-state index contributed by atoms with van der Waals surface area (Å²) < 4.78 is 0. The molecule has 3 rings (SSSR count). The van der Waals surface area contributed by atoms with Crippen molar-refractivity contribution in [1.82, 2.24) is 20.5 Å². The Labute approximate surface area is 150 Å². The maximum atomic E-state index is 12.1. The highest BCUT2D eigenvalue weighted by Crippen LogP contribution is 2.29. The van der Waals surface area contributed by atoms with Crippen molar-refractivity contribution in [2.75, 3.05) is 25.0 Å². The van der Waals surface area contributed by atoms with Gasteiger partial charge in [-0.05, 0) is 12.8 Å². The summed E-state index contributed by atoms with van der Waals surface area (Å²) in [5.74, 6) is 0.0125. The predicted molar refractivity (Wildman–Crippen MR) is 94.2 cm³/mol. The molecule has 3 N–H and O–H groups in total. The average molecular weight is 365 g/mol. The van der Waals surface area contributed by atoms with E-state index in [0.717, 1.165) is 12.8 Å². The van der Waals surface area contributed by atoms with Crippen molar-refractivity contribution in [1.29, 1.82) is 0 Å². The standard InChI is InChI=1S/C16H23N5O3S/c22-13(20-16-17-5-6-25-16)9-19-15(24)18-8-11-7-14(23)21(10-11)12-3-1-2-4-12/h5-6,11-12H,1-4,7-10H2,(H,17,20,22)(H2,18,19,24). The number of carbonyl (C=O) groups excluding carboxylic acids is 3. The van der Waals surface area contributed by atoms with Crippen LogP contribution in [0.5, 0.6) is 0 Å².